The van der Waals surface area contributed by atoms with Crippen molar-refractivity contribution in [2.24, 2.45) is 5.84 Å². The van der Waals surface area contributed by atoms with Crippen molar-refractivity contribution < 1.29 is 9.18 Å². The van der Waals surface area contributed by atoms with Crippen molar-refractivity contribution in [3.63, 3.8) is 0 Å². The van der Waals surface area contributed by atoms with Crippen LogP contribution in [0.2, 0.25) is 0 Å². The molecule has 0 fully saturated rings. The van der Waals surface area contributed by atoms with Crippen LogP contribution >= 0.6 is 0 Å². The average Bonchev–Trinajstić information content (AvgIpc) is 2.49. The van der Waals surface area contributed by atoms with Crippen molar-refractivity contribution in [2.45, 2.75) is 19.4 Å². The lowest BCUT2D eigenvalue weighted by Gasteiger charge is -2.15. The standard InChI is InChI=1S/C16H18FN3O/c1-11(10-12-6-8-13(17)9-7-12)19-16(21)14-4-2-3-5-15(14)20-18/h2-9,11,20H,10,18H2,1H3,(H,19,21). The van der Waals surface area contributed by atoms with E-state index in [2.05, 4.69) is 10.7 Å². The summed E-state index contributed by atoms with van der Waals surface area (Å²) in [6.45, 7) is 1.90. The van der Waals surface area contributed by atoms with E-state index in [4.69, 9.17) is 5.84 Å². The van der Waals surface area contributed by atoms with Gasteiger partial charge >= 0.3 is 0 Å². The Kier molecular flexibility index (Phi) is 4.90. The van der Waals surface area contributed by atoms with Crippen LogP contribution < -0.4 is 16.6 Å². The van der Waals surface area contributed by atoms with E-state index in [0.717, 1.165) is 5.56 Å². The molecule has 21 heavy (non-hydrogen) atoms. The Hall–Kier alpha value is -2.40. The van der Waals surface area contributed by atoms with Crippen molar-refractivity contribution >= 4 is 11.6 Å². The van der Waals surface area contributed by atoms with Gasteiger partial charge < -0.3 is 10.7 Å². The number of hydrogen-bond donors (Lipinski definition) is 3. The molecular weight excluding hydrogens is 269 g/mol. The number of hydrogen-bond acceptors (Lipinski definition) is 3. The van der Waals surface area contributed by atoms with Crippen LogP contribution in [0.1, 0.15) is 22.8 Å². The predicted molar refractivity (Wildman–Crippen MR) is 81.3 cm³/mol. The van der Waals surface area contributed by atoms with Crippen molar-refractivity contribution in [3.8, 4) is 0 Å². The van der Waals surface area contributed by atoms with Crippen LogP contribution in [0, 0.1) is 5.82 Å². The normalized spacial score (nSPS) is 11.8. The van der Waals surface area contributed by atoms with Gasteiger partial charge in [0.2, 0.25) is 0 Å². The summed E-state index contributed by atoms with van der Waals surface area (Å²) in [6.07, 6.45) is 0.629. The number of para-hydroxylation sites is 1. The largest absolute Gasteiger partial charge is 0.349 e. The highest BCUT2D eigenvalue weighted by atomic mass is 19.1. The van der Waals surface area contributed by atoms with Gasteiger partial charge in [0.1, 0.15) is 5.82 Å². The summed E-state index contributed by atoms with van der Waals surface area (Å²) in [5, 5.41) is 2.91. The topological polar surface area (TPSA) is 67.2 Å². The number of hydrazine groups is 1. The molecule has 0 radical (unpaired) electrons. The second-order valence-corrected chi connectivity index (χ2v) is 4.90. The first-order valence-electron chi connectivity index (χ1n) is 6.71. The van der Waals surface area contributed by atoms with Gasteiger partial charge in [0.15, 0.2) is 0 Å². The Balaban J connectivity index is 2.00. The van der Waals surface area contributed by atoms with Gasteiger partial charge in [0, 0.05) is 6.04 Å². The molecule has 0 heterocycles. The Morgan fingerprint density at radius 1 is 1.19 bits per heavy atom. The number of carbonyl (C=O) groups is 1. The second-order valence-electron chi connectivity index (χ2n) is 4.90. The van der Waals surface area contributed by atoms with Gasteiger partial charge in [-0.2, -0.15) is 0 Å². The van der Waals surface area contributed by atoms with Gasteiger partial charge in [-0.1, -0.05) is 24.3 Å². The summed E-state index contributed by atoms with van der Waals surface area (Å²) in [4.78, 5) is 12.2. The van der Waals surface area contributed by atoms with Gasteiger partial charge in [0.05, 0.1) is 11.3 Å². The first-order chi connectivity index (χ1) is 10.1. The molecule has 5 heteroatoms. The van der Waals surface area contributed by atoms with Crippen molar-refractivity contribution in [1.82, 2.24) is 5.32 Å². The number of benzene rings is 2. The van der Waals surface area contributed by atoms with E-state index in [1.54, 1.807) is 36.4 Å². The Morgan fingerprint density at radius 2 is 1.86 bits per heavy atom. The van der Waals surface area contributed by atoms with Crippen LogP contribution in [0.15, 0.2) is 48.5 Å². The Morgan fingerprint density at radius 3 is 2.52 bits per heavy atom. The zero-order valence-corrected chi connectivity index (χ0v) is 11.8. The summed E-state index contributed by atoms with van der Waals surface area (Å²) in [5.74, 6) is 4.93. The van der Waals surface area contributed by atoms with Gasteiger partial charge in [0.25, 0.3) is 5.91 Å². The van der Waals surface area contributed by atoms with Crippen LogP contribution in [0.3, 0.4) is 0 Å². The minimum Gasteiger partial charge on any atom is -0.349 e. The molecule has 0 aliphatic heterocycles. The predicted octanol–water partition coefficient (Wildman–Crippen LogP) is 2.47. The fourth-order valence-electron chi connectivity index (χ4n) is 2.13. The summed E-state index contributed by atoms with van der Waals surface area (Å²) in [6, 6.07) is 13.2. The fraction of sp³-hybridized carbons (Fsp3) is 0.188. The number of carbonyl (C=O) groups excluding carboxylic acids is 1. The number of rotatable bonds is 5. The quantitative estimate of drug-likeness (QED) is 0.584. The van der Waals surface area contributed by atoms with E-state index in [1.807, 2.05) is 6.92 Å². The highest BCUT2D eigenvalue weighted by Crippen LogP contribution is 2.14. The van der Waals surface area contributed by atoms with Gasteiger partial charge in [-0.25, -0.2) is 4.39 Å². The van der Waals surface area contributed by atoms with Crippen LogP contribution in [-0.4, -0.2) is 11.9 Å². The molecule has 0 aromatic heterocycles. The maximum Gasteiger partial charge on any atom is 0.253 e. The summed E-state index contributed by atoms with van der Waals surface area (Å²) in [7, 11) is 0. The monoisotopic (exact) mass is 287 g/mol. The number of nitrogens with one attached hydrogen (secondary N) is 2. The molecule has 2 aromatic carbocycles. The van der Waals surface area contributed by atoms with E-state index in [9.17, 15) is 9.18 Å². The number of amides is 1. The van der Waals surface area contributed by atoms with Crippen LogP contribution in [-0.2, 0) is 6.42 Å². The minimum atomic E-state index is -0.265. The van der Waals surface area contributed by atoms with Gasteiger partial charge in [-0.05, 0) is 43.2 Å². The fourth-order valence-corrected chi connectivity index (χ4v) is 2.13. The molecule has 1 unspecified atom stereocenters. The van der Waals surface area contributed by atoms with E-state index in [1.165, 1.54) is 12.1 Å². The number of halogens is 1. The number of nitrogens with two attached hydrogens (primary N) is 1. The maximum atomic E-state index is 12.9. The summed E-state index contributed by atoms with van der Waals surface area (Å²) >= 11 is 0. The van der Waals surface area contributed by atoms with Gasteiger partial charge in [-0.3, -0.25) is 10.6 Å². The van der Waals surface area contributed by atoms with Crippen molar-refractivity contribution in [1.29, 1.82) is 0 Å². The molecule has 0 aliphatic rings. The van der Waals surface area contributed by atoms with E-state index < -0.39 is 0 Å². The minimum absolute atomic E-state index is 0.0752. The Labute approximate surface area is 123 Å². The summed E-state index contributed by atoms with van der Waals surface area (Å²) < 4.78 is 12.9. The molecule has 2 rings (SSSR count). The molecule has 4 N–H and O–H groups in total. The second kappa shape index (κ2) is 6.85. The molecule has 4 nitrogen and oxygen atoms in total. The van der Waals surface area contributed by atoms with Crippen LogP contribution in [0.25, 0.3) is 0 Å². The van der Waals surface area contributed by atoms with Crippen molar-refractivity contribution in [2.75, 3.05) is 5.43 Å². The number of anilines is 1. The zero-order valence-electron chi connectivity index (χ0n) is 11.8. The zero-order chi connectivity index (χ0) is 15.2. The number of nitrogen functional groups attached to an aromatic ring is 1. The third-order valence-electron chi connectivity index (χ3n) is 3.16. The molecule has 0 bridgehead atoms. The average molecular weight is 287 g/mol. The lowest BCUT2D eigenvalue weighted by Crippen LogP contribution is -2.34. The molecule has 1 atom stereocenters. The summed E-state index contributed by atoms with van der Waals surface area (Å²) in [5.41, 5.74) is 4.53. The van der Waals surface area contributed by atoms with E-state index in [0.29, 0.717) is 17.7 Å². The van der Waals surface area contributed by atoms with Crippen LogP contribution in [0.5, 0.6) is 0 Å². The SMILES string of the molecule is CC(Cc1ccc(F)cc1)NC(=O)c1ccccc1NN. The van der Waals surface area contributed by atoms with E-state index >= 15 is 0 Å². The molecule has 110 valence electrons. The maximum absolute atomic E-state index is 12.9. The Bertz CT molecular complexity index is 613. The molecule has 0 saturated carbocycles. The smallest absolute Gasteiger partial charge is 0.253 e. The van der Waals surface area contributed by atoms with Crippen molar-refractivity contribution in [3.05, 3.63) is 65.5 Å². The van der Waals surface area contributed by atoms with E-state index in [-0.39, 0.29) is 17.8 Å². The molecular formula is C16H18FN3O. The molecule has 0 saturated heterocycles. The van der Waals surface area contributed by atoms with Crippen LogP contribution in [0.4, 0.5) is 10.1 Å². The third-order valence-corrected chi connectivity index (χ3v) is 3.16. The highest BCUT2D eigenvalue weighted by Gasteiger charge is 2.13. The molecule has 2 aromatic rings. The molecule has 0 spiro atoms. The molecule has 0 aliphatic carbocycles. The van der Waals surface area contributed by atoms with Gasteiger partial charge in [-0.15, -0.1) is 0 Å². The third kappa shape index (κ3) is 4.03. The first-order valence-corrected chi connectivity index (χ1v) is 6.71. The lowest BCUT2D eigenvalue weighted by molar-refractivity contribution is 0.0941. The molecule has 1 amide bonds. The highest BCUT2D eigenvalue weighted by molar-refractivity contribution is 5.99. The first kappa shape index (κ1) is 15.0. The lowest BCUT2D eigenvalue weighted by atomic mass is 10.1.